The van der Waals surface area contributed by atoms with Gasteiger partial charge in [-0.2, -0.15) is 0 Å². The summed E-state index contributed by atoms with van der Waals surface area (Å²) in [6.45, 7) is 4.08. The molecule has 2 aromatic carbocycles. The molecule has 0 bridgehead atoms. The van der Waals surface area contributed by atoms with Crippen molar-refractivity contribution in [2.24, 2.45) is 5.73 Å². The molecule has 0 heterocycles. The molecule has 0 aliphatic heterocycles. The predicted molar refractivity (Wildman–Crippen MR) is 82.1 cm³/mol. The number of nitrogens with two attached hydrogens (primary N) is 1. The molecule has 2 heteroatoms. The zero-order valence-corrected chi connectivity index (χ0v) is 12.2. The van der Waals surface area contributed by atoms with Crippen molar-refractivity contribution in [1.82, 2.24) is 0 Å². The Balaban J connectivity index is 2.34. The Labute approximate surface area is 120 Å². The number of halogens is 1. The zero-order valence-electron chi connectivity index (χ0n) is 12.2. The van der Waals surface area contributed by atoms with Crippen LogP contribution in [-0.4, -0.2) is 0 Å². The Morgan fingerprint density at radius 1 is 1.10 bits per heavy atom. The largest absolute Gasteiger partial charge is 0.321 e. The maximum atomic E-state index is 13.2. The molecule has 2 N–H and O–H groups in total. The number of hydrogen-bond donors (Lipinski definition) is 1. The molecule has 0 aliphatic rings. The summed E-state index contributed by atoms with van der Waals surface area (Å²) in [5.74, 6) is -0.191. The Morgan fingerprint density at radius 2 is 1.80 bits per heavy atom. The molecular formula is C18H22FN. The lowest BCUT2D eigenvalue weighted by molar-refractivity contribution is 0.400. The first-order valence-corrected chi connectivity index (χ1v) is 7.14. The van der Waals surface area contributed by atoms with E-state index in [0.29, 0.717) is 0 Å². The summed E-state index contributed by atoms with van der Waals surface area (Å²) in [5.41, 5.74) is 9.51. The van der Waals surface area contributed by atoms with Crippen LogP contribution in [0.4, 0.5) is 4.39 Å². The molecular weight excluding hydrogens is 249 g/mol. The molecule has 2 aromatic rings. The second kappa shape index (κ2) is 6.19. The standard InChI is InChI=1S/C18H22FN/c1-3-11-18(20,16-7-5-4-6-8-16)13-15-9-10-17(19)12-14(15)2/h4-10,12H,3,11,13,20H2,1-2H3. The summed E-state index contributed by atoms with van der Waals surface area (Å²) in [7, 11) is 0. The molecule has 0 aliphatic carbocycles. The molecule has 0 aromatic heterocycles. The second-order valence-electron chi connectivity index (χ2n) is 5.52. The summed E-state index contributed by atoms with van der Waals surface area (Å²) < 4.78 is 13.2. The number of benzene rings is 2. The molecule has 1 atom stereocenters. The van der Waals surface area contributed by atoms with Crippen molar-refractivity contribution in [3.8, 4) is 0 Å². The van der Waals surface area contributed by atoms with Crippen molar-refractivity contribution in [2.45, 2.75) is 38.6 Å². The molecule has 0 spiro atoms. The van der Waals surface area contributed by atoms with Gasteiger partial charge in [0.2, 0.25) is 0 Å². The summed E-state index contributed by atoms with van der Waals surface area (Å²) in [6, 6.07) is 15.1. The Kier molecular flexibility index (Phi) is 4.56. The fourth-order valence-electron chi connectivity index (χ4n) is 2.75. The first-order chi connectivity index (χ1) is 9.55. The number of aryl methyl sites for hydroxylation is 1. The van der Waals surface area contributed by atoms with Gasteiger partial charge in [0, 0.05) is 5.54 Å². The molecule has 2 rings (SSSR count). The highest BCUT2D eigenvalue weighted by Crippen LogP contribution is 2.29. The smallest absolute Gasteiger partial charge is 0.123 e. The van der Waals surface area contributed by atoms with E-state index in [1.807, 2.05) is 31.2 Å². The van der Waals surface area contributed by atoms with Crippen LogP contribution in [0.2, 0.25) is 0 Å². The van der Waals surface area contributed by atoms with Crippen LogP contribution in [0.1, 0.15) is 36.5 Å². The third-order valence-corrected chi connectivity index (χ3v) is 3.86. The Morgan fingerprint density at radius 3 is 2.40 bits per heavy atom. The topological polar surface area (TPSA) is 26.0 Å². The summed E-state index contributed by atoms with van der Waals surface area (Å²) >= 11 is 0. The van der Waals surface area contributed by atoms with Crippen molar-refractivity contribution in [1.29, 1.82) is 0 Å². The van der Waals surface area contributed by atoms with E-state index in [4.69, 9.17) is 5.73 Å². The van der Waals surface area contributed by atoms with E-state index >= 15 is 0 Å². The lowest BCUT2D eigenvalue weighted by Gasteiger charge is -2.31. The van der Waals surface area contributed by atoms with Crippen LogP contribution in [0.15, 0.2) is 48.5 Å². The normalized spacial score (nSPS) is 14.0. The molecule has 0 fully saturated rings. The van der Waals surface area contributed by atoms with Crippen LogP contribution < -0.4 is 5.73 Å². The van der Waals surface area contributed by atoms with Crippen LogP contribution >= 0.6 is 0 Å². The molecule has 0 saturated carbocycles. The third-order valence-electron chi connectivity index (χ3n) is 3.86. The van der Waals surface area contributed by atoms with Crippen LogP contribution in [-0.2, 0) is 12.0 Å². The van der Waals surface area contributed by atoms with Crippen LogP contribution in [0, 0.1) is 12.7 Å². The minimum absolute atomic E-state index is 0.191. The molecule has 0 amide bonds. The van der Waals surface area contributed by atoms with E-state index in [2.05, 4.69) is 19.1 Å². The fraction of sp³-hybridized carbons (Fsp3) is 0.333. The zero-order chi connectivity index (χ0) is 14.6. The first-order valence-electron chi connectivity index (χ1n) is 7.14. The summed E-state index contributed by atoms with van der Waals surface area (Å²) in [6.07, 6.45) is 2.66. The maximum Gasteiger partial charge on any atom is 0.123 e. The van der Waals surface area contributed by atoms with E-state index < -0.39 is 5.54 Å². The third kappa shape index (κ3) is 3.26. The predicted octanol–water partition coefficient (Wildman–Crippen LogP) is 4.33. The van der Waals surface area contributed by atoms with Crippen molar-refractivity contribution in [3.05, 3.63) is 71.0 Å². The van der Waals surface area contributed by atoms with Crippen molar-refractivity contribution in [2.75, 3.05) is 0 Å². The maximum absolute atomic E-state index is 13.2. The number of rotatable bonds is 5. The van der Waals surface area contributed by atoms with Gasteiger partial charge in [-0.05, 0) is 48.6 Å². The van der Waals surface area contributed by atoms with Crippen molar-refractivity contribution in [3.63, 3.8) is 0 Å². The number of hydrogen-bond acceptors (Lipinski definition) is 1. The van der Waals surface area contributed by atoms with E-state index in [-0.39, 0.29) is 5.82 Å². The monoisotopic (exact) mass is 271 g/mol. The van der Waals surface area contributed by atoms with Gasteiger partial charge in [0.1, 0.15) is 5.82 Å². The van der Waals surface area contributed by atoms with Gasteiger partial charge < -0.3 is 5.73 Å². The molecule has 1 unspecified atom stereocenters. The summed E-state index contributed by atoms with van der Waals surface area (Å²) in [5, 5.41) is 0. The van der Waals surface area contributed by atoms with Crippen LogP contribution in [0.25, 0.3) is 0 Å². The quantitative estimate of drug-likeness (QED) is 0.860. The summed E-state index contributed by atoms with van der Waals surface area (Å²) in [4.78, 5) is 0. The second-order valence-corrected chi connectivity index (χ2v) is 5.52. The van der Waals surface area contributed by atoms with Crippen molar-refractivity contribution >= 4 is 0 Å². The van der Waals surface area contributed by atoms with E-state index in [1.54, 1.807) is 6.07 Å². The molecule has 0 saturated heterocycles. The Bertz CT molecular complexity index is 565. The van der Waals surface area contributed by atoms with Gasteiger partial charge in [-0.15, -0.1) is 0 Å². The molecule has 106 valence electrons. The lowest BCUT2D eigenvalue weighted by atomic mass is 9.80. The first kappa shape index (κ1) is 14.7. The minimum Gasteiger partial charge on any atom is -0.321 e. The molecule has 0 radical (unpaired) electrons. The van der Waals surface area contributed by atoms with Crippen LogP contribution in [0.5, 0.6) is 0 Å². The van der Waals surface area contributed by atoms with Crippen LogP contribution in [0.3, 0.4) is 0 Å². The van der Waals surface area contributed by atoms with Gasteiger partial charge in [0.05, 0.1) is 0 Å². The highest BCUT2D eigenvalue weighted by molar-refractivity contribution is 5.32. The van der Waals surface area contributed by atoms with E-state index in [9.17, 15) is 4.39 Å². The lowest BCUT2D eigenvalue weighted by Crippen LogP contribution is -2.39. The molecule has 20 heavy (non-hydrogen) atoms. The minimum atomic E-state index is -0.390. The van der Waals surface area contributed by atoms with E-state index in [1.165, 1.54) is 6.07 Å². The average Bonchev–Trinajstić information content (AvgIpc) is 2.43. The Hall–Kier alpha value is -1.67. The highest BCUT2D eigenvalue weighted by Gasteiger charge is 2.27. The highest BCUT2D eigenvalue weighted by atomic mass is 19.1. The van der Waals surface area contributed by atoms with Gasteiger partial charge in [-0.1, -0.05) is 49.7 Å². The van der Waals surface area contributed by atoms with Gasteiger partial charge in [0.15, 0.2) is 0 Å². The van der Waals surface area contributed by atoms with E-state index in [0.717, 1.165) is 36.0 Å². The SMILES string of the molecule is CCCC(N)(Cc1ccc(F)cc1C)c1ccccc1. The fourth-order valence-corrected chi connectivity index (χ4v) is 2.75. The average molecular weight is 271 g/mol. The van der Waals surface area contributed by atoms with Crippen molar-refractivity contribution < 1.29 is 4.39 Å². The van der Waals surface area contributed by atoms with Gasteiger partial charge in [-0.25, -0.2) is 4.39 Å². The van der Waals surface area contributed by atoms with Gasteiger partial charge in [-0.3, -0.25) is 0 Å². The molecule has 1 nitrogen and oxygen atoms in total. The van der Waals surface area contributed by atoms with Gasteiger partial charge >= 0.3 is 0 Å². The van der Waals surface area contributed by atoms with Gasteiger partial charge in [0.25, 0.3) is 0 Å².